The van der Waals surface area contributed by atoms with Crippen LogP contribution in [0.25, 0.3) is 0 Å². The molecule has 2 rings (SSSR count). The number of carbonyl (C=O) groups excluding carboxylic acids is 1. The largest absolute Gasteiger partial charge is 0.394 e. The summed E-state index contributed by atoms with van der Waals surface area (Å²) in [6.07, 6.45) is 2.20. The highest BCUT2D eigenvalue weighted by molar-refractivity contribution is 7.13. The third-order valence-electron chi connectivity index (χ3n) is 3.21. The van der Waals surface area contributed by atoms with E-state index < -0.39 is 5.54 Å². The number of rotatable bonds is 5. The van der Waals surface area contributed by atoms with Crippen LogP contribution in [0.3, 0.4) is 0 Å². The molecule has 0 aliphatic carbocycles. The number of aliphatic hydroxyl groups excluding tert-OH is 1. The number of anilines is 1. The van der Waals surface area contributed by atoms with Crippen molar-refractivity contribution in [1.82, 2.24) is 10.3 Å². The molecular formula is C14H17N3O2S. The second-order valence-corrected chi connectivity index (χ2v) is 5.27. The second-order valence-electron chi connectivity index (χ2n) is 4.38. The average Bonchev–Trinajstić information content (AvgIpc) is 2.98. The van der Waals surface area contributed by atoms with Gasteiger partial charge in [-0.3, -0.25) is 5.32 Å². The molecule has 0 bridgehead atoms. The average molecular weight is 291 g/mol. The molecule has 0 aliphatic heterocycles. The van der Waals surface area contributed by atoms with E-state index in [1.54, 1.807) is 11.6 Å². The summed E-state index contributed by atoms with van der Waals surface area (Å²) in [6, 6.07) is 9.08. The van der Waals surface area contributed by atoms with E-state index in [-0.39, 0.29) is 12.6 Å². The molecule has 5 nitrogen and oxygen atoms in total. The lowest BCUT2D eigenvalue weighted by atomic mass is 9.88. The van der Waals surface area contributed by atoms with Crippen molar-refractivity contribution < 1.29 is 9.90 Å². The van der Waals surface area contributed by atoms with Gasteiger partial charge in [-0.15, -0.1) is 11.3 Å². The maximum Gasteiger partial charge on any atom is 0.321 e. The van der Waals surface area contributed by atoms with E-state index in [0.29, 0.717) is 11.6 Å². The Kier molecular flexibility index (Phi) is 4.70. The fourth-order valence-electron chi connectivity index (χ4n) is 2.00. The van der Waals surface area contributed by atoms with Crippen molar-refractivity contribution in [2.45, 2.75) is 18.9 Å². The van der Waals surface area contributed by atoms with Gasteiger partial charge in [0.05, 0.1) is 12.1 Å². The van der Waals surface area contributed by atoms with E-state index in [0.717, 1.165) is 5.56 Å². The zero-order valence-electron chi connectivity index (χ0n) is 11.2. The van der Waals surface area contributed by atoms with Gasteiger partial charge in [0, 0.05) is 11.6 Å². The van der Waals surface area contributed by atoms with Crippen LogP contribution in [0.1, 0.15) is 18.9 Å². The molecule has 0 saturated carbocycles. The Labute approximate surface area is 121 Å². The Bertz CT molecular complexity index is 539. The van der Waals surface area contributed by atoms with Gasteiger partial charge < -0.3 is 10.4 Å². The van der Waals surface area contributed by atoms with E-state index in [1.807, 2.05) is 37.3 Å². The van der Waals surface area contributed by atoms with Crippen LogP contribution in [-0.4, -0.2) is 22.7 Å². The van der Waals surface area contributed by atoms with Gasteiger partial charge in [-0.05, 0) is 12.0 Å². The number of thiazole rings is 1. The van der Waals surface area contributed by atoms with Gasteiger partial charge in [0.2, 0.25) is 0 Å². The van der Waals surface area contributed by atoms with Crippen molar-refractivity contribution in [2.24, 2.45) is 0 Å². The summed E-state index contributed by atoms with van der Waals surface area (Å²) in [7, 11) is 0. The van der Waals surface area contributed by atoms with Crippen LogP contribution in [0.2, 0.25) is 0 Å². The number of aliphatic hydroxyl groups is 1. The van der Waals surface area contributed by atoms with Crippen molar-refractivity contribution in [3.8, 4) is 0 Å². The number of hydrogen-bond donors (Lipinski definition) is 3. The predicted octanol–water partition coefficient (Wildman–Crippen LogP) is 2.56. The molecular weight excluding hydrogens is 274 g/mol. The smallest absolute Gasteiger partial charge is 0.321 e. The molecule has 3 N–H and O–H groups in total. The highest BCUT2D eigenvalue weighted by Gasteiger charge is 2.31. The quantitative estimate of drug-likeness (QED) is 0.792. The number of carbonyl (C=O) groups is 1. The summed E-state index contributed by atoms with van der Waals surface area (Å²) in [6.45, 7) is 1.76. The number of urea groups is 1. The summed E-state index contributed by atoms with van der Waals surface area (Å²) in [5, 5.41) is 17.6. The van der Waals surface area contributed by atoms with Crippen molar-refractivity contribution in [2.75, 3.05) is 11.9 Å². The monoisotopic (exact) mass is 291 g/mol. The van der Waals surface area contributed by atoms with Gasteiger partial charge in [-0.25, -0.2) is 9.78 Å². The van der Waals surface area contributed by atoms with Crippen LogP contribution in [0.5, 0.6) is 0 Å². The van der Waals surface area contributed by atoms with Crippen molar-refractivity contribution >= 4 is 22.5 Å². The van der Waals surface area contributed by atoms with Crippen molar-refractivity contribution in [1.29, 1.82) is 0 Å². The van der Waals surface area contributed by atoms with Gasteiger partial charge in [-0.2, -0.15) is 0 Å². The summed E-state index contributed by atoms with van der Waals surface area (Å²) < 4.78 is 0. The minimum absolute atomic E-state index is 0.168. The Morgan fingerprint density at radius 1 is 1.40 bits per heavy atom. The second kappa shape index (κ2) is 6.49. The zero-order chi connectivity index (χ0) is 14.4. The molecule has 20 heavy (non-hydrogen) atoms. The number of nitrogens with zero attached hydrogens (tertiary/aromatic N) is 1. The van der Waals surface area contributed by atoms with Crippen LogP contribution < -0.4 is 10.6 Å². The number of hydrogen-bond acceptors (Lipinski definition) is 4. The summed E-state index contributed by atoms with van der Waals surface area (Å²) in [5.41, 5.74) is 0.0853. The van der Waals surface area contributed by atoms with Gasteiger partial charge in [0.15, 0.2) is 5.13 Å². The highest BCUT2D eigenvalue weighted by Crippen LogP contribution is 2.24. The minimum Gasteiger partial charge on any atom is -0.394 e. The summed E-state index contributed by atoms with van der Waals surface area (Å²) >= 11 is 1.34. The first-order chi connectivity index (χ1) is 9.70. The SMILES string of the molecule is CCC(CO)(NC(=O)Nc1nccs1)c1ccccc1. The van der Waals surface area contributed by atoms with Gasteiger partial charge in [0.1, 0.15) is 0 Å². The maximum atomic E-state index is 12.1. The van der Waals surface area contributed by atoms with Crippen LogP contribution >= 0.6 is 11.3 Å². The Hall–Kier alpha value is -1.92. The standard InChI is InChI=1S/C14H17N3O2S/c1-2-14(10-18,11-6-4-3-5-7-11)17-12(19)16-13-15-8-9-20-13/h3-9,18H,2,10H2,1H3,(H2,15,16,17,19). The zero-order valence-corrected chi connectivity index (χ0v) is 12.0. The van der Waals surface area contributed by atoms with Gasteiger partial charge in [0.25, 0.3) is 0 Å². The van der Waals surface area contributed by atoms with Crippen LogP contribution in [0.4, 0.5) is 9.93 Å². The molecule has 1 atom stereocenters. The lowest BCUT2D eigenvalue weighted by molar-refractivity contribution is 0.159. The molecule has 0 fully saturated rings. The summed E-state index contributed by atoms with van der Waals surface area (Å²) in [4.78, 5) is 16.0. The first kappa shape index (κ1) is 14.5. The number of amides is 2. The fraction of sp³-hybridized carbons (Fsp3) is 0.286. The lowest BCUT2D eigenvalue weighted by Crippen LogP contribution is -2.49. The highest BCUT2D eigenvalue weighted by atomic mass is 32.1. The minimum atomic E-state index is -0.789. The molecule has 1 aromatic heterocycles. The lowest BCUT2D eigenvalue weighted by Gasteiger charge is -2.32. The summed E-state index contributed by atoms with van der Waals surface area (Å²) in [5.74, 6) is 0. The van der Waals surface area contributed by atoms with Crippen LogP contribution in [0.15, 0.2) is 41.9 Å². The number of benzene rings is 1. The van der Waals surface area contributed by atoms with Crippen LogP contribution in [-0.2, 0) is 5.54 Å². The molecule has 106 valence electrons. The first-order valence-corrected chi connectivity index (χ1v) is 7.23. The molecule has 2 aromatic rings. The normalized spacial score (nSPS) is 13.5. The molecule has 1 heterocycles. The van der Waals surface area contributed by atoms with Gasteiger partial charge >= 0.3 is 6.03 Å². The molecule has 2 amide bonds. The van der Waals surface area contributed by atoms with E-state index in [9.17, 15) is 9.90 Å². The van der Waals surface area contributed by atoms with E-state index in [4.69, 9.17) is 0 Å². The predicted molar refractivity (Wildman–Crippen MR) is 79.8 cm³/mol. The molecule has 1 unspecified atom stereocenters. The van der Waals surface area contributed by atoms with Crippen molar-refractivity contribution in [3.63, 3.8) is 0 Å². The maximum absolute atomic E-state index is 12.1. The number of aromatic nitrogens is 1. The molecule has 1 aromatic carbocycles. The molecule has 0 saturated heterocycles. The number of nitrogens with one attached hydrogen (secondary N) is 2. The van der Waals surface area contributed by atoms with E-state index in [1.165, 1.54) is 11.3 Å². The fourth-order valence-corrected chi connectivity index (χ4v) is 2.52. The first-order valence-electron chi connectivity index (χ1n) is 6.35. The molecule has 0 aliphatic rings. The van der Waals surface area contributed by atoms with E-state index in [2.05, 4.69) is 15.6 Å². The Balaban J connectivity index is 2.15. The third kappa shape index (κ3) is 3.15. The molecule has 6 heteroatoms. The van der Waals surface area contributed by atoms with Crippen LogP contribution in [0, 0.1) is 0 Å². The Morgan fingerprint density at radius 3 is 2.70 bits per heavy atom. The molecule has 0 radical (unpaired) electrons. The molecule has 0 spiro atoms. The van der Waals surface area contributed by atoms with E-state index >= 15 is 0 Å². The van der Waals surface area contributed by atoms with Gasteiger partial charge in [-0.1, -0.05) is 37.3 Å². The third-order valence-corrected chi connectivity index (χ3v) is 3.89. The van der Waals surface area contributed by atoms with Crippen molar-refractivity contribution in [3.05, 3.63) is 47.5 Å². The Morgan fingerprint density at radius 2 is 2.15 bits per heavy atom. The topological polar surface area (TPSA) is 74.2 Å².